The lowest BCUT2D eigenvalue weighted by atomic mass is 9.99. The second-order valence-corrected chi connectivity index (χ2v) is 5.66. The maximum Gasteiger partial charge on any atom is 0.258 e. The van der Waals surface area contributed by atoms with E-state index in [0.717, 1.165) is 33.8 Å². The van der Waals surface area contributed by atoms with Gasteiger partial charge in [0, 0.05) is 22.4 Å². The Kier molecular flexibility index (Phi) is 3.27. The van der Waals surface area contributed by atoms with Crippen molar-refractivity contribution < 1.29 is 4.74 Å². The lowest BCUT2D eigenvalue weighted by molar-refractivity contribution is 0.300. The van der Waals surface area contributed by atoms with Crippen molar-refractivity contribution in [3.05, 3.63) is 82.1 Å². The van der Waals surface area contributed by atoms with Crippen molar-refractivity contribution in [1.29, 1.82) is 0 Å². The van der Waals surface area contributed by atoms with Crippen LogP contribution in [0.4, 0.5) is 0 Å². The van der Waals surface area contributed by atoms with Crippen molar-refractivity contribution in [3.8, 4) is 22.7 Å². The fourth-order valence-corrected chi connectivity index (χ4v) is 3.15. The minimum absolute atomic E-state index is 0.0501. The van der Waals surface area contributed by atoms with Gasteiger partial charge in [-0.25, -0.2) is 0 Å². The van der Waals surface area contributed by atoms with Crippen LogP contribution in [0, 0.1) is 0 Å². The minimum Gasteiger partial charge on any atom is -0.488 e. The fraction of sp³-hybridized carbons (Fsp3) is 0.150. The van der Waals surface area contributed by atoms with Crippen LogP contribution in [0.2, 0.25) is 0 Å². The van der Waals surface area contributed by atoms with Crippen molar-refractivity contribution >= 4 is 0 Å². The fourth-order valence-electron chi connectivity index (χ4n) is 3.15. The summed E-state index contributed by atoms with van der Waals surface area (Å²) in [7, 11) is 0. The summed E-state index contributed by atoms with van der Waals surface area (Å²) >= 11 is 0. The summed E-state index contributed by atoms with van der Waals surface area (Å²) in [5, 5.41) is 0. The highest BCUT2D eigenvalue weighted by atomic mass is 16.5. The molecular weight excluding hydrogens is 286 g/mol. The summed E-state index contributed by atoms with van der Waals surface area (Å²) in [6.45, 7) is 2.50. The van der Waals surface area contributed by atoms with Gasteiger partial charge < -0.3 is 4.74 Å². The van der Waals surface area contributed by atoms with E-state index >= 15 is 0 Å². The van der Waals surface area contributed by atoms with Crippen LogP contribution in [0.5, 0.6) is 5.75 Å². The van der Waals surface area contributed by atoms with Crippen LogP contribution < -0.4 is 10.3 Å². The number of nitrogens with zero attached hydrogens (tertiary/aromatic N) is 1. The van der Waals surface area contributed by atoms with Crippen molar-refractivity contribution in [2.75, 3.05) is 0 Å². The van der Waals surface area contributed by atoms with E-state index in [4.69, 9.17) is 4.74 Å². The van der Waals surface area contributed by atoms with Crippen molar-refractivity contribution in [2.45, 2.75) is 20.0 Å². The standard InChI is InChI=1S/C20H17NO2/c1-2-14-12-15-13-23-18-11-7-6-10-17(18)19(15)21(20(14)22)16-8-4-3-5-9-16/h3-12H,2,13H2,1H3. The monoisotopic (exact) mass is 303 g/mol. The van der Waals surface area contributed by atoms with Crippen LogP contribution >= 0.6 is 0 Å². The number of aryl methyl sites for hydroxylation is 1. The summed E-state index contributed by atoms with van der Waals surface area (Å²) in [6, 6.07) is 19.7. The molecule has 0 saturated carbocycles. The van der Waals surface area contributed by atoms with Gasteiger partial charge in [-0.05, 0) is 36.8 Å². The Balaban J connectivity index is 2.11. The van der Waals surface area contributed by atoms with Gasteiger partial charge in [-0.15, -0.1) is 0 Å². The highest BCUT2D eigenvalue weighted by Gasteiger charge is 2.23. The van der Waals surface area contributed by atoms with Gasteiger partial charge in [0.05, 0.1) is 5.69 Å². The summed E-state index contributed by atoms with van der Waals surface area (Å²) < 4.78 is 7.69. The smallest absolute Gasteiger partial charge is 0.258 e. The predicted octanol–water partition coefficient (Wildman–Crippen LogP) is 3.96. The first-order valence-corrected chi connectivity index (χ1v) is 7.85. The molecule has 0 bridgehead atoms. The zero-order chi connectivity index (χ0) is 15.8. The molecule has 114 valence electrons. The van der Waals surface area contributed by atoms with Gasteiger partial charge in [-0.1, -0.05) is 37.3 Å². The molecule has 3 heteroatoms. The molecule has 0 spiro atoms. The molecule has 0 N–H and O–H groups in total. The van der Waals surface area contributed by atoms with E-state index in [-0.39, 0.29) is 5.56 Å². The average Bonchev–Trinajstić information content (AvgIpc) is 2.62. The van der Waals surface area contributed by atoms with Crippen LogP contribution in [0.3, 0.4) is 0 Å². The van der Waals surface area contributed by atoms with Crippen LogP contribution in [0.1, 0.15) is 18.1 Å². The second kappa shape index (κ2) is 5.43. The summed E-state index contributed by atoms with van der Waals surface area (Å²) in [5.74, 6) is 0.827. The molecule has 3 aromatic rings. The Morgan fingerprint density at radius 1 is 1.04 bits per heavy atom. The Labute approximate surface area is 134 Å². The molecule has 1 aliphatic rings. The molecule has 0 fully saturated rings. The summed E-state index contributed by atoms with van der Waals surface area (Å²) in [4.78, 5) is 13.0. The molecule has 0 amide bonds. The first kappa shape index (κ1) is 13.8. The van der Waals surface area contributed by atoms with Gasteiger partial charge in [0.25, 0.3) is 5.56 Å². The van der Waals surface area contributed by atoms with Crippen LogP contribution in [-0.4, -0.2) is 4.57 Å². The van der Waals surface area contributed by atoms with Gasteiger partial charge in [-0.2, -0.15) is 0 Å². The molecule has 2 heterocycles. The number of fused-ring (bicyclic) bond motifs is 3. The molecule has 4 rings (SSSR count). The normalized spacial score (nSPS) is 12.2. The van der Waals surface area contributed by atoms with Gasteiger partial charge in [0.1, 0.15) is 12.4 Å². The number of rotatable bonds is 2. The minimum atomic E-state index is 0.0501. The van der Waals surface area contributed by atoms with E-state index in [1.165, 1.54) is 0 Å². The third-order valence-electron chi connectivity index (χ3n) is 4.27. The predicted molar refractivity (Wildman–Crippen MR) is 91.2 cm³/mol. The number of benzene rings is 2. The van der Waals surface area contributed by atoms with Crippen molar-refractivity contribution in [1.82, 2.24) is 4.57 Å². The molecular formula is C20H17NO2. The zero-order valence-electron chi connectivity index (χ0n) is 13.0. The first-order chi connectivity index (χ1) is 11.3. The third kappa shape index (κ3) is 2.16. The Morgan fingerprint density at radius 2 is 1.78 bits per heavy atom. The number of hydrogen-bond donors (Lipinski definition) is 0. The summed E-state index contributed by atoms with van der Waals surface area (Å²) in [5.41, 5.74) is 4.73. The lowest BCUT2D eigenvalue weighted by Crippen LogP contribution is -2.27. The van der Waals surface area contributed by atoms with E-state index in [0.29, 0.717) is 13.0 Å². The van der Waals surface area contributed by atoms with Crippen LogP contribution in [-0.2, 0) is 13.0 Å². The van der Waals surface area contributed by atoms with E-state index < -0.39 is 0 Å². The van der Waals surface area contributed by atoms with Crippen LogP contribution in [0.25, 0.3) is 16.9 Å². The molecule has 0 saturated heterocycles. The van der Waals surface area contributed by atoms with E-state index in [9.17, 15) is 4.79 Å². The average molecular weight is 303 g/mol. The molecule has 0 radical (unpaired) electrons. The molecule has 2 aromatic carbocycles. The molecule has 3 nitrogen and oxygen atoms in total. The van der Waals surface area contributed by atoms with E-state index in [1.54, 1.807) is 0 Å². The largest absolute Gasteiger partial charge is 0.488 e. The molecule has 0 unspecified atom stereocenters. The number of ether oxygens (including phenoxy) is 1. The number of para-hydroxylation sites is 2. The zero-order valence-corrected chi connectivity index (χ0v) is 13.0. The van der Waals surface area contributed by atoms with Gasteiger partial charge in [-0.3, -0.25) is 9.36 Å². The van der Waals surface area contributed by atoms with Crippen molar-refractivity contribution in [3.63, 3.8) is 0 Å². The highest BCUT2D eigenvalue weighted by Crippen LogP contribution is 2.37. The Morgan fingerprint density at radius 3 is 2.57 bits per heavy atom. The van der Waals surface area contributed by atoms with Gasteiger partial charge in [0.2, 0.25) is 0 Å². The molecule has 0 atom stereocenters. The number of hydrogen-bond acceptors (Lipinski definition) is 2. The van der Waals surface area contributed by atoms with E-state index in [1.807, 2.05) is 72.2 Å². The molecule has 1 aromatic heterocycles. The van der Waals surface area contributed by atoms with E-state index in [2.05, 4.69) is 0 Å². The van der Waals surface area contributed by atoms with Crippen molar-refractivity contribution in [2.24, 2.45) is 0 Å². The molecule has 0 aliphatic carbocycles. The topological polar surface area (TPSA) is 31.2 Å². The highest BCUT2D eigenvalue weighted by molar-refractivity contribution is 5.74. The second-order valence-electron chi connectivity index (χ2n) is 5.66. The van der Waals surface area contributed by atoms with Gasteiger partial charge in [0.15, 0.2) is 0 Å². The molecule has 23 heavy (non-hydrogen) atoms. The SMILES string of the molecule is CCc1cc2c(n(-c3ccccc3)c1=O)-c1ccccc1OC2. The first-order valence-electron chi connectivity index (χ1n) is 7.85. The summed E-state index contributed by atoms with van der Waals surface area (Å²) in [6.07, 6.45) is 0.709. The number of aromatic nitrogens is 1. The maximum atomic E-state index is 13.0. The third-order valence-corrected chi connectivity index (χ3v) is 4.27. The number of pyridine rings is 1. The Hall–Kier alpha value is -2.81. The Bertz CT molecular complexity index is 926. The molecule has 1 aliphatic heterocycles. The van der Waals surface area contributed by atoms with Crippen LogP contribution in [0.15, 0.2) is 65.5 Å². The maximum absolute atomic E-state index is 13.0. The quantitative estimate of drug-likeness (QED) is 0.717. The van der Waals surface area contributed by atoms with Gasteiger partial charge >= 0.3 is 0 Å². The lowest BCUT2D eigenvalue weighted by Gasteiger charge is -2.25.